The Kier molecular flexibility index (Phi) is 6.43. The molecule has 0 saturated carbocycles. The molecule has 1 atom stereocenters. The summed E-state index contributed by atoms with van der Waals surface area (Å²) in [4.78, 5) is 40.5. The van der Waals surface area contributed by atoms with Gasteiger partial charge in [0, 0.05) is 45.8 Å². The lowest BCUT2D eigenvalue weighted by molar-refractivity contribution is -0.122. The first-order valence-corrected chi connectivity index (χ1v) is 11.0. The molecule has 2 aliphatic rings. The van der Waals surface area contributed by atoms with E-state index in [4.69, 9.17) is 9.72 Å². The van der Waals surface area contributed by atoms with Gasteiger partial charge in [-0.25, -0.2) is 4.98 Å². The summed E-state index contributed by atoms with van der Waals surface area (Å²) < 4.78 is 5.18. The average Bonchev–Trinajstić information content (AvgIpc) is 3.21. The summed E-state index contributed by atoms with van der Waals surface area (Å²) >= 11 is 0. The van der Waals surface area contributed by atoms with Crippen molar-refractivity contribution in [2.45, 2.75) is 25.7 Å². The van der Waals surface area contributed by atoms with E-state index < -0.39 is 5.92 Å². The van der Waals surface area contributed by atoms with Gasteiger partial charge < -0.3 is 24.8 Å². The molecule has 1 aromatic carbocycles. The van der Waals surface area contributed by atoms with Gasteiger partial charge >= 0.3 is 0 Å². The predicted octanol–water partition coefficient (Wildman–Crippen LogP) is 2.53. The summed E-state index contributed by atoms with van der Waals surface area (Å²) in [5.41, 5.74) is 1.31. The first kappa shape index (κ1) is 21.9. The van der Waals surface area contributed by atoms with Crippen LogP contribution in [0.3, 0.4) is 0 Å². The second-order valence-electron chi connectivity index (χ2n) is 8.44. The molecule has 1 aromatic heterocycles. The summed E-state index contributed by atoms with van der Waals surface area (Å²) in [6, 6.07) is 7.27. The lowest BCUT2D eigenvalue weighted by atomic mass is 10.1. The van der Waals surface area contributed by atoms with Gasteiger partial charge in [-0.05, 0) is 43.5 Å². The maximum atomic E-state index is 13.0. The Morgan fingerprint density at radius 1 is 1.16 bits per heavy atom. The molecule has 170 valence electrons. The number of nitrogens with zero attached hydrogens (tertiary/aromatic N) is 5. The normalized spacial score (nSPS) is 18.6. The molecular weight excluding hydrogens is 408 g/mol. The minimum absolute atomic E-state index is 0.0696. The second kappa shape index (κ2) is 9.42. The molecule has 32 heavy (non-hydrogen) atoms. The van der Waals surface area contributed by atoms with Crippen LogP contribution in [0.25, 0.3) is 0 Å². The molecule has 1 N–H and O–H groups in total. The standard InChI is InChI=1S/C23H30N6O3/c1-27(2)21-19(14-24-23(26-21)28-11-5-4-6-12-28)25-22(31)16-13-20(30)29(15-16)17-7-9-18(32-3)10-8-17/h7-10,14,16H,4-6,11-13,15H2,1-3H3,(H,25,31). The van der Waals surface area contributed by atoms with Gasteiger partial charge in [-0.3, -0.25) is 9.59 Å². The molecule has 9 nitrogen and oxygen atoms in total. The van der Waals surface area contributed by atoms with Crippen molar-refractivity contribution in [1.29, 1.82) is 0 Å². The minimum Gasteiger partial charge on any atom is -0.497 e. The van der Waals surface area contributed by atoms with Crippen molar-refractivity contribution >= 4 is 35.0 Å². The molecule has 2 saturated heterocycles. The van der Waals surface area contributed by atoms with Crippen molar-refractivity contribution in [1.82, 2.24) is 9.97 Å². The Hall–Kier alpha value is -3.36. The number of aromatic nitrogens is 2. The molecule has 2 aliphatic heterocycles. The third-order valence-corrected chi connectivity index (χ3v) is 5.96. The first-order valence-electron chi connectivity index (χ1n) is 11.0. The smallest absolute Gasteiger partial charge is 0.229 e. The highest BCUT2D eigenvalue weighted by atomic mass is 16.5. The van der Waals surface area contributed by atoms with E-state index in [0.29, 0.717) is 24.0 Å². The van der Waals surface area contributed by atoms with Gasteiger partial charge in [0.1, 0.15) is 11.4 Å². The molecule has 0 spiro atoms. The monoisotopic (exact) mass is 438 g/mol. The summed E-state index contributed by atoms with van der Waals surface area (Å²) in [6.07, 6.45) is 5.35. The molecule has 4 rings (SSSR count). The molecule has 2 amide bonds. The Balaban J connectivity index is 1.46. The highest BCUT2D eigenvalue weighted by Crippen LogP contribution is 2.29. The molecule has 2 aromatic rings. The van der Waals surface area contributed by atoms with E-state index in [0.717, 1.165) is 37.4 Å². The molecule has 0 radical (unpaired) electrons. The van der Waals surface area contributed by atoms with Gasteiger partial charge in [-0.1, -0.05) is 0 Å². The number of hydrogen-bond acceptors (Lipinski definition) is 7. The van der Waals surface area contributed by atoms with Crippen LogP contribution in [-0.2, 0) is 9.59 Å². The van der Waals surface area contributed by atoms with Crippen molar-refractivity contribution in [3.8, 4) is 5.75 Å². The molecule has 1 unspecified atom stereocenters. The number of hydrogen-bond donors (Lipinski definition) is 1. The van der Waals surface area contributed by atoms with Gasteiger partial charge in [0.2, 0.25) is 17.8 Å². The third-order valence-electron chi connectivity index (χ3n) is 5.96. The Labute approximate surface area is 188 Å². The van der Waals surface area contributed by atoms with E-state index in [-0.39, 0.29) is 18.2 Å². The van der Waals surface area contributed by atoms with E-state index in [1.54, 1.807) is 30.3 Å². The highest BCUT2D eigenvalue weighted by Gasteiger charge is 2.35. The SMILES string of the molecule is COc1ccc(N2CC(C(=O)Nc3cnc(N4CCCCC4)nc3N(C)C)CC2=O)cc1. The number of rotatable bonds is 6. The molecule has 2 fully saturated rings. The third kappa shape index (κ3) is 4.61. The van der Waals surface area contributed by atoms with Crippen molar-refractivity contribution in [3.05, 3.63) is 30.5 Å². The Bertz CT molecular complexity index is 972. The number of benzene rings is 1. The van der Waals surface area contributed by atoms with Crippen molar-refractivity contribution < 1.29 is 14.3 Å². The topological polar surface area (TPSA) is 90.9 Å². The van der Waals surface area contributed by atoms with Crippen molar-refractivity contribution in [3.63, 3.8) is 0 Å². The number of anilines is 4. The summed E-state index contributed by atoms with van der Waals surface area (Å²) in [5, 5.41) is 2.95. The van der Waals surface area contributed by atoms with Gasteiger partial charge in [0.25, 0.3) is 0 Å². The summed E-state index contributed by atoms with van der Waals surface area (Å²) in [7, 11) is 5.38. The van der Waals surface area contributed by atoms with Crippen LogP contribution in [0, 0.1) is 5.92 Å². The first-order chi connectivity index (χ1) is 15.5. The molecule has 0 bridgehead atoms. The van der Waals surface area contributed by atoms with Crippen LogP contribution >= 0.6 is 0 Å². The van der Waals surface area contributed by atoms with Gasteiger partial charge in [-0.2, -0.15) is 4.98 Å². The molecule has 3 heterocycles. The fourth-order valence-corrected chi connectivity index (χ4v) is 4.17. The summed E-state index contributed by atoms with van der Waals surface area (Å²) in [5.74, 6) is 1.35. The van der Waals surface area contributed by atoms with Crippen molar-refractivity contribution in [2.24, 2.45) is 5.92 Å². The van der Waals surface area contributed by atoms with E-state index >= 15 is 0 Å². The molecule has 0 aliphatic carbocycles. The van der Waals surface area contributed by atoms with Gasteiger partial charge in [0.05, 0.1) is 19.2 Å². The van der Waals surface area contributed by atoms with Crippen LogP contribution in [0.15, 0.2) is 30.5 Å². The maximum Gasteiger partial charge on any atom is 0.229 e. The lowest BCUT2D eigenvalue weighted by Crippen LogP contribution is -2.32. The summed E-state index contributed by atoms with van der Waals surface area (Å²) in [6.45, 7) is 2.23. The largest absolute Gasteiger partial charge is 0.497 e. The van der Waals surface area contributed by atoms with E-state index in [1.807, 2.05) is 31.1 Å². The van der Waals surface area contributed by atoms with E-state index in [2.05, 4.69) is 15.2 Å². The van der Waals surface area contributed by atoms with Crippen molar-refractivity contribution in [2.75, 3.05) is 60.9 Å². The highest BCUT2D eigenvalue weighted by molar-refractivity contribution is 6.04. The minimum atomic E-state index is -0.443. The fourth-order valence-electron chi connectivity index (χ4n) is 4.17. The van der Waals surface area contributed by atoms with Crippen LogP contribution in [0.2, 0.25) is 0 Å². The predicted molar refractivity (Wildman–Crippen MR) is 125 cm³/mol. The van der Waals surface area contributed by atoms with Crippen LogP contribution in [0.5, 0.6) is 5.75 Å². The lowest BCUT2D eigenvalue weighted by Gasteiger charge is -2.28. The number of amides is 2. The van der Waals surface area contributed by atoms with Crippen LogP contribution in [0.1, 0.15) is 25.7 Å². The molecular formula is C23H30N6O3. The maximum absolute atomic E-state index is 13.0. The Morgan fingerprint density at radius 2 is 1.88 bits per heavy atom. The number of nitrogens with one attached hydrogen (secondary N) is 1. The van der Waals surface area contributed by atoms with Gasteiger partial charge in [-0.15, -0.1) is 0 Å². The van der Waals surface area contributed by atoms with Crippen LogP contribution in [-0.4, -0.2) is 62.6 Å². The average molecular weight is 439 g/mol. The Morgan fingerprint density at radius 3 is 2.53 bits per heavy atom. The van der Waals surface area contributed by atoms with E-state index in [1.165, 1.54) is 6.42 Å². The fraction of sp³-hybridized carbons (Fsp3) is 0.478. The quantitative estimate of drug-likeness (QED) is 0.741. The second-order valence-corrected chi connectivity index (χ2v) is 8.44. The van der Waals surface area contributed by atoms with Crippen LogP contribution < -0.4 is 24.8 Å². The number of methoxy groups -OCH3 is 1. The zero-order valence-electron chi connectivity index (χ0n) is 18.9. The number of carbonyl (C=O) groups excluding carboxylic acids is 2. The van der Waals surface area contributed by atoms with E-state index in [9.17, 15) is 9.59 Å². The zero-order chi connectivity index (χ0) is 22.7. The van der Waals surface area contributed by atoms with Crippen LogP contribution in [0.4, 0.5) is 23.1 Å². The number of ether oxygens (including phenoxy) is 1. The molecule has 9 heteroatoms. The van der Waals surface area contributed by atoms with Gasteiger partial charge in [0.15, 0.2) is 5.82 Å². The zero-order valence-corrected chi connectivity index (χ0v) is 18.9. The number of piperidine rings is 1. The number of carbonyl (C=O) groups is 2.